The number of methoxy groups -OCH3 is 1. The fourth-order valence-corrected chi connectivity index (χ4v) is 6.87. The molecule has 1 saturated heterocycles. The van der Waals surface area contributed by atoms with Crippen molar-refractivity contribution >= 4 is 42.6 Å². The summed E-state index contributed by atoms with van der Waals surface area (Å²) in [4.78, 5) is 24.4. The van der Waals surface area contributed by atoms with Crippen molar-refractivity contribution in [1.82, 2.24) is 14.3 Å². The van der Waals surface area contributed by atoms with E-state index in [2.05, 4.69) is 9.97 Å². The molecule has 186 valence electrons. The number of fused-ring (bicyclic) bond motifs is 1. The maximum Gasteiger partial charge on any atom is 0.247 e. The molecule has 11 heteroatoms. The lowest BCUT2D eigenvalue weighted by molar-refractivity contribution is -0.121. The molecule has 36 heavy (non-hydrogen) atoms. The van der Waals surface area contributed by atoms with Crippen LogP contribution < -0.4 is 9.64 Å². The topological polar surface area (TPSA) is 92.7 Å². The average molecular weight is 527 g/mol. The fraction of sp³-hybridized carbons (Fsp3) is 0.240. The molecule has 0 radical (unpaired) electrons. The summed E-state index contributed by atoms with van der Waals surface area (Å²) >= 11 is 1.32. The Kier molecular flexibility index (Phi) is 6.69. The van der Waals surface area contributed by atoms with Gasteiger partial charge in [0.05, 0.1) is 34.5 Å². The molecule has 1 fully saturated rings. The van der Waals surface area contributed by atoms with Crippen LogP contribution in [0.5, 0.6) is 5.75 Å². The molecule has 2 aromatic carbocycles. The van der Waals surface area contributed by atoms with Crippen molar-refractivity contribution in [3.05, 3.63) is 78.4 Å². The molecule has 0 aliphatic carbocycles. The molecule has 3 heterocycles. The van der Waals surface area contributed by atoms with Gasteiger partial charge in [0.1, 0.15) is 17.6 Å². The number of halogens is 1. The summed E-state index contributed by atoms with van der Waals surface area (Å²) in [6.07, 6.45) is 2.55. The fourth-order valence-electron chi connectivity index (χ4n) is 4.23. The standard InChI is InChI=1S/C25H23FN4O4S2/c1-34-19-9-12-21-23(15-19)35-25(28-21)29(16-18-5-2-3-13-27-18)24(31)22-6-4-14-30(22)36(32,33)20-10-7-17(26)8-11-20/h2-3,5,7-13,15,22H,4,6,14,16H2,1H3. The zero-order chi connectivity index (χ0) is 25.3. The molecule has 0 bridgehead atoms. The van der Waals surface area contributed by atoms with Crippen molar-refractivity contribution < 1.29 is 22.3 Å². The van der Waals surface area contributed by atoms with Crippen molar-refractivity contribution in [2.24, 2.45) is 0 Å². The van der Waals surface area contributed by atoms with Gasteiger partial charge in [0.25, 0.3) is 0 Å². The summed E-state index contributed by atoms with van der Waals surface area (Å²) in [5, 5.41) is 0.444. The Morgan fingerprint density at radius 1 is 1.19 bits per heavy atom. The quantitative estimate of drug-likeness (QED) is 0.358. The van der Waals surface area contributed by atoms with Crippen LogP contribution in [-0.4, -0.2) is 48.3 Å². The molecule has 1 amide bonds. The van der Waals surface area contributed by atoms with Crippen LogP contribution in [0.1, 0.15) is 18.5 Å². The lowest BCUT2D eigenvalue weighted by atomic mass is 10.2. The first-order valence-electron chi connectivity index (χ1n) is 11.3. The molecule has 1 aliphatic heterocycles. The Labute approximate surface area is 212 Å². The highest BCUT2D eigenvalue weighted by molar-refractivity contribution is 7.89. The number of hydrogen-bond acceptors (Lipinski definition) is 7. The summed E-state index contributed by atoms with van der Waals surface area (Å²) in [6, 6.07) is 14.6. The Morgan fingerprint density at radius 3 is 2.72 bits per heavy atom. The van der Waals surface area contributed by atoms with Crippen molar-refractivity contribution in [2.75, 3.05) is 18.6 Å². The van der Waals surface area contributed by atoms with Gasteiger partial charge in [0.2, 0.25) is 15.9 Å². The molecule has 1 atom stereocenters. The highest BCUT2D eigenvalue weighted by Gasteiger charge is 2.42. The Bertz CT molecular complexity index is 1490. The number of carbonyl (C=O) groups is 1. The SMILES string of the molecule is COc1ccc2nc(N(Cc3ccccn3)C(=O)C3CCCN3S(=O)(=O)c3ccc(F)cc3)sc2c1. The van der Waals surface area contributed by atoms with Crippen LogP contribution in [0.15, 0.2) is 71.8 Å². The molecular formula is C25H23FN4O4S2. The normalized spacial score (nSPS) is 16.3. The highest BCUT2D eigenvalue weighted by Crippen LogP contribution is 2.34. The Morgan fingerprint density at radius 2 is 2.00 bits per heavy atom. The zero-order valence-electron chi connectivity index (χ0n) is 19.4. The zero-order valence-corrected chi connectivity index (χ0v) is 21.0. The summed E-state index contributed by atoms with van der Waals surface area (Å²) in [7, 11) is -2.42. The first-order chi connectivity index (χ1) is 17.4. The van der Waals surface area contributed by atoms with E-state index in [1.807, 2.05) is 18.2 Å². The highest BCUT2D eigenvalue weighted by atomic mass is 32.2. The number of anilines is 1. The minimum atomic E-state index is -4.00. The van der Waals surface area contributed by atoms with Crippen LogP contribution in [0.4, 0.5) is 9.52 Å². The van der Waals surface area contributed by atoms with E-state index in [-0.39, 0.29) is 23.9 Å². The molecule has 0 N–H and O–H groups in total. The van der Waals surface area contributed by atoms with E-state index in [1.54, 1.807) is 31.5 Å². The van der Waals surface area contributed by atoms with Crippen molar-refractivity contribution in [1.29, 1.82) is 0 Å². The summed E-state index contributed by atoms with van der Waals surface area (Å²) in [5.41, 5.74) is 1.35. The van der Waals surface area contributed by atoms with Gasteiger partial charge in [-0.15, -0.1) is 0 Å². The van der Waals surface area contributed by atoms with Gasteiger partial charge in [-0.2, -0.15) is 4.31 Å². The van der Waals surface area contributed by atoms with E-state index < -0.39 is 21.9 Å². The van der Waals surface area contributed by atoms with E-state index in [0.717, 1.165) is 16.8 Å². The average Bonchev–Trinajstić information content (AvgIpc) is 3.55. The van der Waals surface area contributed by atoms with Crippen molar-refractivity contribution in [2.45, 2.75) is 30.3 Å². The number of carbonyl (C=O) groups excluding carboxylic acids is 1. The van der Waals surface area contributed by atoms with Gasteiger partial charge in [0, 0.05) is 12.7 Å². The summed E-state index contributed by atoms with van der Waals surface area (Å²) in [5.74, 6) is -0.237. The molecule has 1 aliphatic rings. The number of sulfonamides is 1. The number of nitrogens with zero attached hydrogens (tertiary/aromatic N) is 4. The lowest BCUT2D eigenvalue weighted by Crippen LogP contribution is -2.47. The van der Waals surface area contributed by atoms with Gasteiger partial charge in [-0.1, -0.05) is 17.4 Å². The smallest absolute Gasteiger partial charge is 0.247 e. The van der Waals surface area contributed by atoms with Gasteiger partial charge in [-0.3, -0.25) is 14.7 Å². The largest absolute Gasteiger partial charge is 0.497 e. The van der Waals surface area contributed by atoms with Crippen molar-refractivity contribution in [3.63, 3.8) is 0 Å². The lowest BCUT2D eigenvalue weighted by Gasteiger charge is -2.28. The minimum Gasteiger partial charge on any atom is -0.497 e. The van der Waals surface area contributed by atoms with Crippen molar-refractivity contribution in [3.8, 4) is 5.75 Å². The minimum absolute atomic E-state index is 0.0491. The monoisotopic (exact) mass is 526 g/mol. The van der Waals surface area contributed by atoms with Crippen LogP contribution in [0, 0.1) is 5.82 Å². The predicted molar refractivity (Wildman–Crippen MR) is 135 cm³/mol. The predicted octanol–water partition coefficient (Wildman–Crippen LogP) is 4.23. The van der Waals surface area contributed by atoms with E-state index in [1.165, 1.54) is 32.7 Å². The molecule has 5 rings (SSSR count). The number of pyridine rings is 1. The van der Waals surface area contributed by atoms with E-state index in [9.17, 15) is 17.6 Å². The van der Waals surface area contributed by atoms with Crippen LogP contribution in [0.3, 0.4) is 0 Å². The van der Waals surface area contributed by atoms with Gasteiger partial charge < -0.3 is 4.74 Å². The van der Waals surface area contributed by atoms with Gasteiger partial charge in [-0.25, -0.2) is 17.8 Å². The van der Waals surface area contributed by atoms with Gasteiger partial charge >= 0.3 is 0 Å². The Balaban J connectivity index is 1.52. The number of amides is 1. The van der Waals surface area contributed by atoms with Crippen LogP contribution in [0.25, 0.3) is 10.2 Å². The summed E-state index contributed by atoms with van der Waals surface area (Å²) in [6.45, 7) is 0.335. The first-order valence-corrected chi connectivity index (χ1v) is 13.6. The van der Waals surface area contributed by atoms with E-state index in [4.69, 9.17) is 4.74 Å². The second kappa shape index (κ2) is 9.92. The van der Waals surface area contributed by atoms with Crippen LogP contribution in [0.2, 0.25) is 0 Å². The number of aromatic nitrogens is 2. The maximum atomic E-state index is 14.0. The molecule has 8 nitrogen and oxygen atoms in total. The molecule has 2 aromatic heterocycles. The van der Waals surface area contributed by atoms with E-state index in [0.29, 0.717) is 34.9 Å². The third-order valence-corrected chi connectivity index (χ3v) is 9.00. The molecule has 1 unspecified atom stereocenters. The number of ether oxygens (including phenoxy) is 1. The first kappa shape index (κ1) is 24.3. The van der Waals surface area contributed by atoms with Crippen LogP contribution in [-0.2, 0) is 21.4 Å². The molecule has 4 aromatic rings. The molecule has 0 spiro atoms. The number of rotatable bonds is 7. The second-order valence-corrected chi connectivity index (χ2v) is 11.2. The third kappa shape index (κ3) is 4.69. The van der Waals surface area contributed by atoms with Crippen LogP contribution >= 0.6 is 11.3 Å². The number of benzene rings is 2. The van der Waals surface area contributed by atoms with E-state index >= 15 is 0 Å². The molecule has 0 saturated carbocycles. The molecular weight excluding hydrogens is 503 g/mol. The number of thiazole rings is 1. The maximum absolute atomic E-state index is 14.0. The number of hydrogen-bond donors (Lipinski definition) is 0. The second-order valence-electron chi connectivity index (χ2n) is 8.30. The van der Waals surface area contributed by atoms with Gasteiger partial charge in [0.15, 0.2) is 5.13 Å². The van der Waals surface area contributed by atoms with Gasteiger partial charge in [-0.05, 0) is 67.4 Å². The Hall–Kier alpha value is -3.41. The third-order valence-electron chi connectivity index (χ3n) is 6.04. The summed E-state index contributed by atoms with van der Waals surface area (Å²) < 4.78 is 47.5.